The van der Waals surface area contributed by atoms with Crippen molar-refractivity contribution in [2.75, 3.05) is 13.7 Å². The molecule has 4 heteroatoms. The lowest BCUT2D eigenvalue weighted by Crippen LogP contribution is -2.34. The molecule has 22 heavy (non-hydrogen) atoms. The number of amides is 2. The van der Waals surface area contributed by atoms with Crippen LogP contribution in [0, 0.1) is 5.41 Å². The molecule has 4 nitrogen and oxygen atoms in total. The number of hydrogen-bond donors (Lipinski definition) is 0. The zero-order chi connectivity index (χ0) is 16.3. The lowest BCUT2D eigenvalue weighted by Gasteiger charge is -2.29. The van der Waals surface area contributed by atoms with Gasteiger partial charge in [-0.3, -0.25) is 14.5 Å². The molecule has 0 radical (unpaired) electrons. The molecule has 118 valence electrons. The Bertz CT molecular complexity index is 591. The molecule has 0 N–H and O–H groups in total. The summed E-state index contributed by atoms with van der Waals surface area (Å²) >= 11 is 0. The summed E-state index contributed by atoms with van der Waals surface area (Å²) in [5, 5.41) is 0. The van der Waals surface area contributed by atoms with Crippen LogP contribution in [0.25, 0.3) is 6.08 Å². The highest BCUT2D eigenvalue weighted by molar-refractivity contribution is 6.05. The molecule has 1 heterocycles. The number of likely N-dealkylation sites (tertiary alicyclic amines) is 1. The van der Waals surface area contributed by atoms with E-state index >= 15 is 0 Å². The Balaban J connectivity index is 2.18. The molecular formula is C18H23NO3. The van der Waals surface area contributed by atoms with Gasteiger partial charge in [-0.2, -0.15) is 0 Å². The second-order valence-corrected chi connectivity index (χ2v) is 6.00. The minimum absolute atomic E-state index is 0.0150. The first-order valence-electron chi connectivity index (χ1n) is 7.59. The van der Waals surface area contributed by atoms with Crippen molar-refractivity contribution < 1.29 is 14.3 Å². The second-order valence-electron chi connectivity index (χ2n) is 6.00. The first-order chi connectivity index (χ1) is 10.4. The van der Waals surface area contributed by atoms with Gasteiger partial charge in [-0.25, -0.2) is 0 Å². The van der Waals surface area contributed by atoms with E-state index in [9.17, 15) is 9.59 Å². The van der Waals surface area contributed by atoms with Crippen LogP contribution in [0.2, 0.25) is 0 Å². The highest BCUT2D eigenvalue weighted by atomic mass is 16.5. The minimum atomic E-state index is -0.658. The molecule has 0 bridgehead atoms. The SMILES string of the molecule is CCO/C=C/c1ccc([C@@H](C)[C@]2(C)CC(=O)N(C)C2=O)cc1. The zero-order valence-corrected chi connectivity index (χ0v) is 13.6. The van der Waals surface area contributed by atoms with Crippen molar-refractivity contribution in [3.8, 4) is 0 Å². The molecule has 1 aliphatic rings. The maximum Gasteiger partial charge on any atom is 0.235 e. The van der Waals surface area contributed by atoms with Crippen molar-refractivity contribution in [2.24, 2.45) is 5.41 Å². The molecule has 2 atom stereocenters. The van der Waals surface area contributed by atoms with Crippen LogP contribution in [0.15, 0.2) is 30.5 Å². The van der Waals surface area contributed by atoms with Crippen LogP contribution in [0.3, 0.4) is 0 Å². The van der Waals surface area contributed by atoms with Crippen LogP contribution < -0.4 is 0 Å². The Kier molecular flexibility index (Phi) is 4.69. The van der Waals surface area contributed by atoms with Crippen molar-refractivity contribution in [1.29, 1.82) is 0 Å². The standard InChI is InChI=1S/C18H23NO3/c1-5-22-11-10-14-6-8-15(9-7-14)13(2)18(3)12-16(20)19(4)17(18)21/h6-11,13H,5,12H2,1-4H3/b11-10+/t13-,18+/m1/s1. The lowest BCUT2D eigenvalue weighted by molar-refractivity contribution is -0.139. The molecule has 2 amide bonds. The number of ether oxygens (including phenoxy) is 1. The smallest absolute Gasteiger partial charge is 0.235 e. The van der Waals surface area contributed by atoms with Crippen LogP contribution in [0.1, 0.15) is 44.2 Å². The second kappa shape index (κ2) is 6.34. The van der Waals surface area contributed by atoms with Gasteiger partial charge in [0.1, 0.15) is 0 Å². The van der Waals surface area contributed by atoms with Gasteiger partial charge in [0.05, 0.1) is 18.3 Å². The fraction of sp³-hybridized carbons (Fsp3) is 0.444. The van der Waals surface area contributed by atoms with Crippen molar-refractivity contribution in [1.82, 2.24) is 4.90 Å². The summed E-state index contributed by atoms with van der Waals surface area (Å²) in [7, 11) is 1.56. The van der Waals surface area contributed by atoms with Crippen molar-refractivity contribution in [3.05, 3.63) is 41.7 Å². The Hall–Kier alpha value is -2.10. The number of benzene rings is 1. The number of carbonyl (C=O) groups excluding carboxylic acids is 2. The van der Waals surface area contributed by atoms with Gasteiger partial charge in [0.15, 0.2) is 0 Å². The molecule has 1 aromatic carbocycles. The molecular weight excluding hydrogens is 278 g/mol. The third kappa shape index (κ3) is 2.91. The summed E-state index contributed by atoms with van der Waals surface area (Å²) in [6.07, 6.45) is 3.85. The van der Waals surface area contributed by atoms with Gasteiger partial charge in [0, 0.05) is 13.5 Å². The molecule has 2 rings (SSSR count). The maximum atomic E-state index is 12.4. The van der Waals surface area contributed by atoms with Gasteiger partial charge in [0.25, 0.3) is 0 Å². The Morgan fingerprint density at radius 2 is 1.95 bits per heavy atom. The quantitative estimate of drug-likeness (QED) is 0.620. The average Bonchev–Trinajstić information content (AvgIpc) is 2.72. The van der Waals surface area contributed by atoms with Crippen LogP contribution >= 0.6 is 0 Å². The van der Waals surface area contributed by atoms with E-state index in [2.05, 4.69) is 0 Å². The highest BCUT2D eigenvalue weighted by Gasteiger charge is 2.50. The molecule has 1 saturated heterocycles. The molecule has 1 aliphatic heterocycles. The van der Waals surface area contributed by atoms with E-state index in [1.165, 1.54) is 4.90 Å². The van der Waals surface area contributed by atoms with Crippen LogP contribution in [-0.2, 0) is 14.3 Å². The predicted molar refractivity (Wildman–Crippen MR) is 86.0 cm³/mol. The minimum Gasteiger partial charge on any atom is -0.501 e. The topological polar surface area (TPSA) is 46.6 Å². The Morgan fingerprint density at radius 1 is 1.32 bits per heavy atom. The van der Waals surface area contributed by atoms with Gasteiger partial charge >= 0.3 is 0 Å². The van der Waals surface area contributed by atoms with Crippen LogP contribution in [-0.4, -0.2) is 30.4 Å². The first-order valence-corrected chi connectivity index (χ1v) is 7.59. The van der Waals surface area contributed by atoms with E-state index in [1.807, 2.05) is 51.1 Å². The number of imide groups is 1. The summed E-state index contributed by atoms with van der Waals surface area (Å²) in [5.74, 6) is -0.209. The molecule has 0 saturated carbocycles. The van der Waals surface area contributed by atoms with E-state index in [0.29, 0.717) is 6.61 Å². The van der Waals surface area contributed by atoms with Gasteiger partial charge in [-0.1, -0.05) is 31.2 Å². The van der Waals surface area contributed by atoms with Gasteiger partial charge in [-0.05, 0) is 37.0 Å². The fourth-order valence-corrected chi connectivity index (χ4v) is 2.83. The summed E-state index contributed by atoms with van der Waals surface area (Å²) < 4.78 is 5.18. The van der Waals surface area contributed by atoms with Crippen molar-refractivity contribution in [2.45, 2.75) is 33.1 Å². The summed E-state index contributed by atoms with van der Waals surface area (Å²) in [4.78, 5) is 25.4. The van der Waals surface area contributed by atoms with Crippen molar-refractivity contribution in [3.63, 3.8) is 0 Å². The monoisotopic (exact) mass is 301 g/mol. The maximum absolute atomic E-state index is 12.4. The first kappa shape index (κ1) is 16.3. The Morgan fingerprint density at radius 3 is 2.45 bits per heavy atom. The summed E-state index contributed by atoms with van der Waals surface area (Å²) in [6.45, 7) is 6.47. The molecule has 0 unspecified atom stereocenters. The van der Waals surface area contributed by atoms with Crippen molar-refractivity contribution >= 4 is 17.9 Å². The predicted octanol–water partition coefficient (Wildman–Crippen LogP) is 3.19. The third-order valence-electron chi connectivity index (χ3n) is 4.60. The number of nitrogens with zero attached hydrogens (tertiary/aromatic N) is 1. The third-order valence-corrected chi connectivity index (χ3v) is 4.60. The number of rotatable bonds is 5. The normalized spacial score (nSPS) is 23.4. The van der Waals surface area contributed by atoms with Gasteiger partial charge < -0.3 is 4.74 Å². The molecule has 1 fully saturated rings. The fourth-order valence-electron chi connectivity index (χ4n) is 2.83. The van der Waals surface area contributed by atoms with E-state index in [1.54, 1.807) is 13.3 Å². The van der Waals surface area contributed by atoms with Gasteiger partial charge in [-0.15, -0.1) is 0 Å². The lowest BCUT2D eigenvalue weighted by atomic mass is 9.73. The van der Waals surface area contributed by atoms with E-state index in [-0.39, 0.29) is 24.2 Å². The number of hydrogen-bond acceptors (Lipinski definition) is 3. The van der Waals surface area contributed by atoms with Gasteiger partial charge in [0.2, 0.25) is 11.8 Å². The van der Waals surface area contributed by atoms with E-state index in [4.69, 9.17) is 4.74 Å². The molecule has 0 aliphatic carbocycles. The molecule has 1 aromatic rings. The zero-order valence-electron chi connectivity index (χ0n) is 13.6. The summed E-state index contributed by atoms with van der Waals surface area (Å²) in [5.41, 5.74) is 1.45. The van der Waals surface area contributed by atoms with E-state index in [0.717, 1.165) is 11.1 Å². The molecule has 0 aromatic heterocycles. The van der Waals surface area contributed by atoms with E-state index < -0.39 is 5.41 Å². The largest absolute Gasteiger partial charge is 0.501 e. The summed E-state index contributed by atoms with van der Waals surface area (Å²) in [6, 6.07) is 8.01. The highest BCUT2D eigenvalue weighted by Crippen LogP contribution is 2.44. The van der Waals surface area contributed by atoms with Crippen LogP contribution in [0.5, 0.6) is 0 Å². The Labute approximate surface area is 131 Å². The molecule has 0 spiro atoms. The van der Waals surface area contributed by atoms with Crippen LogP contribution in [0.4, 0.5) is 0 Å². The number of carbonyl (C=O) groups is 2. The average molecular weight is 301 g/mol.